The van der Waals surface area contributed by atoms with Gasteiger partial charge in [-0.05, 0) is 56.4 Å². The fourth-order valence-electron chi connectivity index (χ4n) is 3.78. The molecule has 2 rings (SSSR count). The molecule has 0 fully saturated rings. The first-order valence-electron chi connectivity index (χ1n) is 11.7. The third-order valence-electron chi connectivity index (χ3n) is 5.93. The maximum atomic E-state index is 13.7. The number of hydrogen-bond donors (Lipinski definition) is 1. The Labute approximate surface area is 204 Å². The molecule has 1 N–H and O–H groups in total. The second-order valence-corrected chi connectivity index (χ2v) is 10.6. The summed E-state index contributed by atoms with van der Waals surface area (Å²) in [6, 6.07) is 12.4. The number of benzene rings is 2. The smallest absolute Gasteiger partial charge is 0.244 e. The predicted octanol–water partition coefficient (Wildman–Crippen LogP) is 3.71. The Balaban J connectivity index is 2.46. The minimum Gasteiger partial charge on any atom is -0.354 e. The summed E-state index contributed by atoms with van der Waals surface area (Å²) in [5.74, 6) is -0.659. The van der Waals surface area contributed by atoms with Crippen molar-refractivity contribution in [3.8, 4) is 0 Å². The summed E-state index contributed by atoms with van der Waals surface area (Å²) in [5, 5.41) is 2.88. The Bertz CT molecular complexity index is 1100. The highest BCUT2D eigenvalue weighted by Gasteiger charge is 2.32. The SMILES string of the molecule is CCCNC(=O)C(CC)N(Cc1ccc(C)cc1)C(=O)CN(c1cccc(C)c1C)S(C)(=O)=O. The van der Waals surface area contributed by atoms with Crippen LogP contribution in [0.1, 0.15) is 48.9 Å². The first kappa shape index (κ1) is 27.4. The average Bonchev–Trinajstić information content (AvgIpc) is 2.78. The van der Waals surface area contributed by atoms with E-state index in [2.05, 4.69) is 5.32 Å². The van der Waals surface area contributed by atoms with E-state index in [1.165, 1.54) is 4.90 Å². The topological polar surface area (TPSA) is 86.8 Å². The van der Waals surface area contributed by atoms with Gasteiger partial charge in [0.15, 0.2) is 0 Å². The lowest BCUT2D eigenvalue weighted by atomic mass is 10.1. The summed E-state index contributed by atoms with van der Waals surface area (Å²) in [4.78, 5) is 28.1. The summed E-state index contributed by atoms with van der Waals surface area (Å²) in [6.45, 7) is 9.87. The highest BCUT2D eigenvalue weighted by atomic mass is 32.2. The largest absolute Gasteiger partial charge is 0.354 e. The zero-order valence-electron chi connectivity index (χ0n) is 21.1. The number of rotatable bonds is 11. The maximum Gasteiger partial charge on any atom is 0.244 e. The van der Waals surface area contributed by atoms with Gasteiger partial charge in [-0.2, -0.15) is 0 Å². The van der Waals surface area contributed by atoms with Crippen LogP contribution in [0.5, 0.6) is 0 Å². The van der Waals surface area contributed by atoms with Gasteiger partial charge < -0.3 is 10.2 Å². The molecule has 1 atom stereocenters. The predicted molar refractivity (Wildman–Crippen MR) is 137 cm³/mol. The highest BCUT2D eigenvalue weighted by Crippen LogP contribution is 2.25. The Morgan fingerprint density at radius 2 is 1.65 bits per heavy atom. The molecule has 186 valence electrons. The first-order valence-corrected chi connectivity index (χ1v) is 13.5. The number of aryl methyl sites for hydroxylation is 2. The number of anilines is 1. The van der Waals surface area contributed by atoms with Gasteiger partial charge in [0, 0.05) is 13.1 Å². The molecular weight excluding hydrogens is 450 g/mol. The van der Waals surface area contributed by atoms with Crippen molar-refractivity contribution in [2.75, 3.05) is 23.7 Å². The number of nitrogens with one attached hydrogen (secondary N) is 1. The molecule has 0 heterocycles. The molecule has 0 aliphatic carbocycles. The lowest BCUT2D eigenvalue weighted by Crippen LogP contribution is -2.52. The molecule has 0 aliphatic heterocycles. The van der Waals surface area contributed by atoms with Gasteiger partial charge in [0.25, 0.3) is 0 Å². The standard InChI is InChI=1S/C26H37N3O4S/c1-7-16-27-26(31)23(8-2)28(17-22-14-12-19(3)13-15-22)25(30)18-29(34(6,32)33)24-11-9-10-20(4)21(24)5/h9-15,23H,7-8,16-18H2,1-6H3,(H,27,31). The number of sulfonamides is 1. The van der Waals surface area contributed by atoms with Gasteiger partial charge in [-0.3, -0.25) is 13.9 Å². The van der Waals surface area contributed by atoms with Crippen molar-refractivity contribution in [3.05, 3.63) is 64.7 Å². The Morgan fingerprint density at radius 3 is 2.21 bits per heavy atom. The van der Waals surface area contributed by atoms with Gasteiger partial charge in [0.05, 0.1) is 11.9 Å². The molecule has 0 saturated heterocycles. The molecule has 0 radical (unpaired) electrons. The molecule has 34 heavy (non-hydrogen) atoms. The van der Waals surface area contributed by atoms with Crippen molar-refractivity contribution >= 4 is 27.5 Å². The minimum atomic E-state index is -3.75. The number of carbonyl (C=O) groups excluding carboxylic acids is 2. The second kappa shape index (κ2) is 12.0. The molecule has 0 aromatic heterocycles. The van der Waals surface area contributed by atoms with E-state index in [0.29, 0.717) is 18.7 Å². The Hall–Kier alpha value is -2.87. The van der Waals surface area contributed by atoms with E-state index in [4.69, 9.17) is 0 Å². The van der Waals surface area contributed by atoms with Gasteiger partial charge in [0.2, 0.25) is 21.8 Å². The molecule has 8 heteroatoms. The fourth-order valence-corrected chi connectivity index (χ4v) is 4.68. The monoisotopic (exact) mass is 487 g/mol. The molecule has 2 amide bonds. The third kappa shape index (κ3) is 7.06. The molecule has 0 spiro atoms. The quantitative estimate of drug-likeness (QED) is 0.523. The Kier molecular flexibility index (Phi) is 9.67. The van der Waals surface area contributed by atoms with Crippen LogP contribution in [0.15, 0.2) is 42.5 Å². The lowest BCUT2D eigenvalue weighted by molar-refractivity contribution is -0.140. The third-order valence-corrected chi connectivity index (χ3v) is 7.06. The molecule has 2 aromatic rings. The molecule has 7 nitrogen and oxygen atoms in total. The first-order chi connectivity index (χ1) is 16.0. The van der Waals surface area contributed by atoms with Crippen molar-refractivity contribution < 1.29 is 18.0 Å². The van der Waals surface area contributed by atoms with Crippen molar-refractivity contribution in [2.45, 2.75) is 60.0 Å². The summed E-state index contributed by atoms with van der Waals surface area (Å²) < 4.78 is 26.6. The molecule has 0 aliphatic rings. The summed E-state index contributed by atoms with van der Waals surface area (Å²) in [5.41, 5.74) is 4.15. The van der Waals surface area contributed by atoms with Gasteiger partial charge >= 0.3 is 0 Å². The van der Waals surface area contributed by atoms with Crippen LogP contribution in [-0.4, -0.2) is 50.5 Å². The molecule has 0 saturated carbocycles. The maximum absolute atomic E-state index is 13.7. The van der Waals surface area contributed by atoms with Crippen LogP contribution in [0.2, 0.25) is 0 Å². The Morgan fingerprint density at radius 1 is 1.00 bits per heavy atom. The molecular formula is C26H37N3O4S. The van der Waals surface area contributed by atoms with Gasteiger partial charge in [0.1, 0.15) is 12.6 Å². The van der Waals surface area contributed by atoms with E-state index in [0.717, 1.165) is 39.2 Å². The van der Waals surface area contributed by atoms with E-state index in [1.807, 2.05) is 65.0 Å². The summed E-state index contributed by atoms with van der Waals surface area (Å²) in [6.07, 6.45) is 2.29. The number of amides is 2. The van der Waals surface area contributed by atoms with E-state index in [1.54, 1.807) is 12.1 Å². The number of nitrogens with zero attached hydrogens (tertiary/aromatic N) is 2. The van der Waals surface area contributed by atoms with E-state index < -0.39 is 22.0 Å². The summed E-state index contributed by atoms with van der Waals surface area (Å²) >= 11 is 0. The van der Waals surface area contributed by atoms with Crippen LogP contribution in [0.25, 0.3) is 0 Å². The normalized spacial score (nSPS) is 12.2. The second-order valence-electron chi connectivity index (χ2n) is 8.71. The highest BCUT2D eigenvalue weighted by molar-refractivity contribution is 7.92. The van der Waals surface area contributed by atoms with Crippen molar-refractivity contribution in [3.63, 3.8) is 0 Å². The number of hydrogen-bond acceptors (Lipinski definition) is 4. The van der Waals surface area contributed by atoms with E-state index in [-0.39, 0.29) is 19.0 Å². The minimum absolute atomic E-state index is 0.210. The summed E-state index contributed by atoms with van der Waals surface area (Å²) in [7, 11) is -3.75. The molecule has 1 unspecified atom stereocenters. The molecule has 2 aromatic carbocycles. The van der Waals surface area contributed by atoms with Crippen LogP contribution in [0.4, 0.5) is 5.69 Å². The number of carbonyl (C=O) groups is 2. The zero-order chi connectivity index (χ0) is 25.5. The van der Waals surface area contributed by atoms with Crippen LogP contribution in [-0.2, 0) is 26.2 Å². The average molecular weight is 488 g/mol. The van der Waals surface area contributed by atoms with E-state index in [9.17, 15) is 18.0 Å². The fraction of sp³-hybridized carbons (Fsp3) is 0.462. The van der Waals surface area contributed by atoms with Crippen molar-refractivity contribution in [1.82, 2.24) is 10.2 Å². The van der Waals surface area contributed by atoms with Crippen LogP contribution < -0.4 is 9.62 Å². The van der Waals surface area contributed by atoms with Gasteiger partial charge in [-0.1, -0.05) is 55.8 Å². The van der Waals surface area contributed by atoms with Gasteiger partial charge in [-0.25, -0.2) is 8.42 Å². The molecule has 0 bridgehead atoms. The van der Waals surface area contributed by atoms with Crippen molar-refractivity contribution in [2.24, 2.45) is 0 Å². The van der Waals surface area contributed by atoms with Gasteiger partial charge in [-0.15, -0.1) is 0 Å². The lowest BCUT2D eigenvalue weighted by Gasteiger charge is -2.33. The zero-order valence-corrected chi connectivity index (χ0v) is 21.9. The van der Waals surface area contributed by atoms with Crippen molar-refractivity contribution in [1.29, 1.82) is 0 Å². The van der Waals surface area contributed by atoms with Crippen LogP contribution in [0.3, 0.4) is 0 Å². The van der Waals surface area contributed by atoms with Crippen LogP contribution in [0, 0.1) is 20.8 Å². The van der Waals surface area contributed by atoms with E-state index >= 15 is 0 Å². The van der Waals surface area contributed by atoms with Crippen LogP contribution >= 0.6 is 0 Å².